The maximum Gasteiger partial charge on any atom is 0.223 e. The number of carbonyl (C=O) groups is 1. The highest BCUT2D eigenvalue weighted by Crippen LogP contribution is 2.24. The molecule has 1 aliphatic rings. The monoisotopic (exact) mass is 327 g/mol. The fourth-order valence-corrected chi connectivity index (χ4v) is 3.51. The summed E-state index contributed by atoms with van der Waals surface area (Å²) in [6.45, 7) is 1.52. The second-order valence-electron chi connectivity index (χ2n) is 5.68. The summed E-state index contributed by atoms with van der Waals surface area (Å²) in [7, 11) is 1.68. The zero-order valence-corrected chi connectivity index (χ0v) is 14.1. The van der Waals surface area contributed by atoms with E-state index in [-0.39, 0.29) is 5.91 Å². The average Bonchev–Trinajstić information content (AvgIpc) is 3.13. The molecule has 3 rings (SSSR count). The van der Waals surface area contributed by atoms with Crippen LogP contribution in [-0.2, 0) is 11.2 Å². The number of thiophene rings is 1. The molecule has 0 saturated heterocycles. The number of aryl methyl sites for hydroxylation is 1. The summed E-state index contributed by atoms with van der Waals surface area (Å²) in [4.78, 5) is 14.3. The van der Waals surface area contributed by atoms with E-state index in [0.29, 0.717) is 13.0 Å². The standard InChI is InChI=1S/C19H21NO2S/c1-22-18-5-3-16(4-6-18)17-8-11-20(12-9-17)19(21)7-2-15-10-13-23-14-15/h3-6,8,10,13-14H,2,7,9,11-12H2,1H3. The first-order chi connectivity index (χ1) is 11.3. The zero-order valence-electron chi connectivity index (χ0n) is 13.3. The van der Waals surface area contributed by atoms with E-state index >= 15 is 0 Å². The Kier molecular flexibility index (Phi) is 5.13. The van der Waals surface area contributed by atoms with E-state index < -0.39 is 0 Å². The lowest BCUT2D eigenvalue weighted by atomic mass is 9.99. The molecule has 1 aliphatic heterocycles. The molecule has 120 valence electrons. The van der Waals surface area contributed by atoms with Crippen LogP contribution in [0.1, 0.15) is 24.0 Å². The van der Waals surface area contributed by atoms with E-state index in [4.69, 9.17) is 4.74 Å². The van der Waals surface area contributed by atoms with Gasteiger partial charge < -0.3 is 9.64 Å². The lowest BCUT2D eigenvalue weighted by molar-refractivity contribution is -0.130. The summed E-state index contributed by atoms with van der Waals surface area (Å²) in [5, 5.41) is 4.18. The Morgan fingerprint density at radius 3 is 2.70 bits per heavy atom. The second kappa shape index (κ2) is 7.47. The van der Waals surface area contributed by atoms with Crippen LogP contribution in [0.15, 0.2) is 47.2 Å². The third-order valence-electron chi connectivity index (χ3n) is 4.23. The van der Waals surface area contributed by atoms with Crippen molar-refractivity contribution in [3.8, 4) is 5.75 Å². The molecule has 0 bridgehead atoms. The third kappa shape index (κ3) is 4.02. The van der Waals surface area contributed by atoms with Crippen LogP contribution in [-0.4, -0.2) is 31.0 Å². The molecule has 0 atom stereocenters. The SMILES string of the molecule is COc1ccc(C2=CCN(C(=O)CCc3ccsc3)CC2)cc1. The fraction of sp³-hybridized carbons (Fsp3) is 0.316. The van der Waals surface area contributed by atoms with Crippen molar-refractivity contribution in [1.82, 2.24) is 4.90 Å². The molecule has 0 radical (unpaired) electrons. The number of carbonyl (C=O) groups excluding carboxylic acids is 1. The quantitative estimate of drug-likeness (QED) is 0.830. The summed E-state index contributed by atoms with van der Waals surface area (Å²) in [5.74, 6) is 1.12. The second-order valence-corrected chi connectivity index (χ2v) is 6.46. The molecular formula is C19H21NO2S. The first-order valence-electron chi connectivity index (χ1n) is 7.88. The largest absolute Gasteiger partial charge is 0.497 e. The Labute approximate surface area is 141 Å². The van der Waals surface area contributed by atoms with E-state index in [1.165, 1.54) is 16.7 Å². The van der Waals surface area contributed by atoms with Gasteiger partial charge in [-0.15, -0.1) is 0 Å². The van der Waals surface area contributed by atoms with Gasteiger partial charge in [0.15, 0.2) is 0 Å². The molecular weight excluding hydrogens is 306 g/mol. The van der Waals surface area contributed by atoms with Crippen LogP contribution in [0.4, 0.5) is 0 Å². The molecule has 1 aromatic heterocycles. The smallest absolute Gasteiger partial charge is 0.223 e. The van der Waals surface area contributed by atoms with Gasteiger partial charge in [-0.1, -0.05) is 18.2 Å². The number of amides is 1. The molecule has 0 saturated carbocycles. The van der Waals surface area contributed by atoms with Crippen molar-refractivity contribution in [3.05, 3.63) is 58.3 Å². The van der Waals surface area contributed by atoms with Crippen LogP contribution in [0.3, 0.4) is 0 Å². The molecule has 3 nitrogen and oxygen atoms in total. The number of methoxy groups -OCH3 is 1. The van der Waals surface area contributed by atoms with Crippen LogP contribution in [0.5, 0.6) is 5.75 Å². The van der Waals surface area contributed by atoms with Crippen molar-refractivity contribution in [2.24, 2.45) is 0 Å². The first-order valence-corrected chi connectivity index (χ1v) is 8.83. The van der Waals surface area contributed by atoms with Crippen LogP contribution in [0.2, 0.25) is 0 Å². The highest BCUT2D eigenvalue weighted by molar-refractivity contribution is 7.07. The molecule has 0 N–H and O–H groups in total. The molecule has 4 heteroatoms. The average molecular weight is 327 g/mol. The molecule has 2 heterocycles. The minimum atomic E-state index is 0.251. The van der Waals surface area contributed by atoms with E-state index in [9.17, 15) is 4.79 Å². The topological polar surface area (TPSA) is 29.5 Å². The van der Waals surface area contributed by atoms with Gasteiger partial charge in [0.2, 0.25) is 5.91 Å². The Balaban J connectivity index is 1.55. The van der Waals surface area contributed by atoms with Crippen molar-refractivity contribution in [1.29, 1.82) is 0 Å². The van der Waals surface area contributed by atoms with Gasteiger partial charge in [0.1, 0.15) is 5.75 Å². The van der Waals surface area contributed by atoms with Crippen molar-refractivity contribution in [2.75, 3.05) is 20.2 Å². The molecule has 1 amide bonds. The molecule has 0 aliphatic carbocycles. The zero-order chi connectivity index (χ0) is 16.1. The fourth-order valence-electron chi connectivity index (χ4n) is 2.81. The van der Waals surface area contributed by atoms with Gasteiger partial charge in [0.25, 0.3) is 0 Å². The van der Waals surface area contributed by atoms with Crippen LogP contribution >= 0.6 is 11.3 Å². The molecule has 0 fully saturated rings. The minimum Gasteiger partial charge on any atom is -0.497 e. The summed E-state index contributed by atoms with van der Waals surface area (Å²) in [6, 6.07) is 10.2. The normalized spacial score (nSPS) is 14.5. The van der Waals surface area contributed by atoms with E-state index in [1.54, 1.807) is 18.4 Å². The van der Waals surface area contributed by atoms with Gasteiger partial charge in [0, 0.05) is 19.5 Å². The van der Waals surface area contributed by atoms with Crippen molar-refractivity contribution in [3.63, 3.8) is 0 Å². The molecule has 2 aromatic rings. The predicted molar refractivity (Wildman–Crippen MR) is 94.8 cm³/mol. The number of nitrogens with zero attached hydrogens (tertiary/aromatic N) is 1. The number of rotatable bonds is 5. The Hall–Kier alpha value is -2.07. The van der Waals surface area contributed by atoms with Gasteiger partial charge >= 0.3 is 0 Å². The number of benzene rings is 1. The van der Waals surface area contributed by atoms with Crippen molar-refractivity contribution < 1.29 is 9.53 Å². The number of hydrogen-bond donors (Lipinski definition) is 0. The summed E-state index contributed by atoms with van der Waals surface area (Å²) < 4.78 is 5.19. The molecule has 0 unspecified atom stereocenters. The van der Waals surface area contributed by atoms with Crippen LogP contribution in [0.25, 0.3) is 5.57 Å². The van der Waals surface area contributed by atoms with Gasteiger partial charge in [-0.2, -0.15) is 11.3 Å². The maximum absolute atomic E-state index is 12.3. The molecule has 23 heavy (non-hydrogen) atoms. The Bertz CT molecular complexity index is 674. The number of hydrogen-bond acceptors (Lipinski definition) is 3. The minimum absolute atomic E-state index is 0.251. The van der Waals surface area contributed by atoms with Crippen LogP contribution in [0, 0.1) is 0 Å². The molecule has 0 spiro atoms. The summed E-state index contributed by atoms with van der Waals surface area (Å²) in [5.41, 5.74) is 3.79. The highest BCUT2D eigenvalue weighted by atomic mass is 32.1. The molecule has 1 aromatic carbocycles. The van der Waals surface area contributed by atoms with Gasteiger partial charge in [-0.25, -0.2) is 0 Å². The van der Waals surface area contributed by atoms with E-state index in [0.717, 1.165) is 25.1 Å². The van der Waals surface area contributed by atoms with Crippen LogP contribution < -0.4 is 4.74 Å². The van der Waals surface area contributed by atoms with Gasteiger partial charge in [0.05, 0.1) is 7.11 Å². The first kappa shape index (κ1) is 15.8. The van der Waals surface area contributed by atoms with E-state index in [1.807, 2.05) is 17.0 Å². The summed E-state index contributed by atoms with van der Waals surface area (Å²) >= 11 is 1.68. The lowest BCUT2D eigenvalue weighted by Crippen LogP contribution is -2.34. The summed E-state index contributed by atoms with van der Waals surface area (Å²) in [6.07, 6.45) is 4.53. The van der Waals surface area contributed by atoms with Crippen molar-refractivity contribution >= 4 is 22.8 Å². The third-order valence-corrected chi connectivity index (χ3v) is 4.96. The van der Waals surface area contributed by atoms with E-state index in [2.05, 4.69) is 35.0 Å². The highest BCUT2D eigenvalue weighted by Gasteiger charge is 2.17. The Morgan fingerprint density at radius 2 is 2.09 bits per heavy atom. The maximum atomic E-state index is 12.3. The van der Waals surface area contributed by atoms with Gasteiger partial charge in [-0.3, -0.25) is 4.79 Å². The predicted octanol–water partition coefficient (Wildman–Crippen LogP) is 4.01. The number of ether oxygens (including phenoxy) is 1. The lowest BCUT2D eigenvalue weighted by Gasteiger charge is -2.27. The Morgan fingerprint density at radius 1 is 1.26 bits per heavy atom. The van der Waals surface area contributed by atoms with Crippen molar-refractivity contribution in [2.45, 2.75) is 19.3 Å². The van der Waals surface area contributed by atoms with Gasteiger partial charge in [-0.05, 0) is 58.5 Å².